The molecule has 0 aromatic rings. The minimum atomic E-state index is -1.20. The Balaban J connectivity index is 4.86. The third-order valence-electron chi connectivity index (χ3n) is 1.99. The maximum absolute atomic E-state index is 12.0. The molecule has 7 nitrogen and oxygen atoms in total. The van der Waals surface area contributed by atoms with E-state index < -0.39 is 41.7 Å². The normalized spacial score (nSPS) is 13.3. The third kappa shape index (κ3) is 9.84. The Labute approximate surface area is 125 Å². The van der Waals surface area contributed by atoms with Crippen LogP contribution in [0.25, 0.3) is 0 Å². The molecule has 0 aliphatic carbocycles. The van der Waals surface area contributed by atoms with E-state index in [-0.39, 0.29) is 6.42 Å². The van der Waals surface area contributed by atoms with E-state index in [1.807, 2.05) is 0 Å². The lowest BCUT2D eigenvalue weighted by Crippen LogP contribution is -2.47. The molecule has 0 unspecified atom stereocenters. The van der Waals surface area contributed by atoms with E-state index in [0.717, 1.165) is 0 Å². The van der Waals surface area contributed by atoms with Crippen molar-refractivity contribution in [2.45, 2.75) is 65.2 Å². The van der Waals surface area contributed by atoms with E-state index in [2.05, 4.69) is 5.32 Å². The zero-order valence-corrected chi connectivity index (χ0v) is 13.5. The van der Waals surface area contributed by atoms with Gasteiger partial charge in [-0.15, -0.1) is 0 Å². The van der Waals surface area contributed by atoms with Gasteiger partial charge in [-0.05, 0) is 41.5 Å². The highest BCUT2D eigenvalue weighted by molar-refractivity contribution is 5.89. The number of ether oxygens (including phenoxy) is 2. The quantitative estimate of drug-likeness (QED) is 0.739. The fourth-order valence-corrected chi connectivity index (χ4v) is 1.31. The van der Waals surface area contributed by atoms with Crippen molar-refractivity contribution in [1.82, 2.24) is 5.32 Å². The maximum Gasteiger partial charge on any atom is 0.408 e. The molecule has 0 spiro atoms. The van der Waals surface area contributed by atoms with Crippen LogP contribution in [-0.2, 0) is 19.1 Å². The molecule has 0 fully saturated rings. The first-order chi connectivity index (χ1) is 9.34. The molecule has 0 aromatic carbocycles. The SMILES string of the molecule is CC(C)(C)OC(=O)N[C@@H](CC(=O)CO)C(=O)OC(C)(C)C. The number of alkyl carbamates (subject to hydrolysis) is 1. The molecule has 0 aliphatic heterocycles. The van der Waals surface area contributed by atoms with Crippen LogP contribution in [0.5, 0.6) is 0 Å². The summed E-state index contributed by atoms with van der Waals surface area (Å²) in [5.74, 6) is -1.34. The fraction of sp³-hybridized carbons (Fsp3) is 0.786. The first-order valence-corrected chi connectivity index (χ1v) is 6.69. The monoisotopic (exact) mass is 303 g/mol. The molecule has 7 heteroatoms. The van der Waals surface area contributed by atoms with E-state index in [4.69, 9.17) is 14.6 Å². The Morgan fingerprint density at radius 2 is 1.48 bits per heavy atom. The summed E-state index contributed by atoms with van der Waals surface area (Å²) in [4.78, 5) is 35.0. The van der Waals surface area contributed by atoms with Gasteiger partial charge in [0.2, 0.25) is 0 Å². The molecular weight excluding hydrogens is 278 g/mol. The molecule has 21 heavy (non-hydrogen) atoms. The van der Waals surface area contributed by atoms with Crippen molar-refractivity contribution < 1.29 is 29.0 Å². The summed E-state index contributed by atoms with van der Waals surface area (Å²) in [7, 11) is 0. The average Bonchev–Trinajstić information content (AvgIpc) is 2.22. The molecule has 122 valence electrons. The Morgan fingerprint density at radius 3 is 1.86 bits per heavy atom. The molecular formula is C14H25NO6. The number of amides is 1. The molecule has 1 atom stereocenters. The van der Waals surface area contributed by atoms with Crippen LogP contribution in [0.1, 0.15) is 48.0 Å². The number of carbonyl (C=O) groups excluding carboxylic acids is 3. The zero-order valence-electron chi connectivity index (χ0n) is 13.5. The van der Waals surface area contributed by atoms with E-state index >= 15 is 0 Å². The Kier molecular flexibility index (Phi) is 6.82. The van der Waals surface area contributed by atoms with Crippen LogP contribution in [0, 0.1) is 0 Å². The Bertz CT molecular complexity index is 391. The highest BCUT2D eigenvalue weighted by Crippen LogP contribution is 2.11. The number of nitrogens with one attached hydrogen (secondary N) is 1. The number of aliphatic hydroxyl groups excluding tert-OH is 1. The van der Waals surface area contributed by atoms with Gasteiger partial charge < -0.3 is 19.9 Å². The molecule has 0 aliphatic rings. The van der Waals surface area contributed by atoms with Crippen molar-refractivity contribution in [3.8, 4) is 0 Å². The molecule has 2 N–H and O–H groups in total. The highest BCUT2D eigenvalue weighted by Gasteiger charge is 2.30. The molecule has 0 saturated heterocycles. The second kappa shape index (κ2) is 7.40. The van der Waals surface area contributed by atoms with Crippen LogP contribution < -0.4 is 5.32 Å². The summed E-state index contributed by atoms with van der Waals surface area (Å²) in [6.07, 6.45) is -1.19. The van der Waals surface area contributed by atoms with E-state index in [9.17, 15) is 14.4 Å². The van der Waals surface area contributed by atoms with Gasteiger partial charge in [0.05, 0.1) is 0 Å². The molecule has 0 bridgehead atoms. The van der Waals surface area contributed by atoms with Gasteiger partial charge in [0, 0.05) is 6.42 Å². The number of ketones is 1. The minimum Gasteiger partial charge on any atom is -0.458 e. The fourth-order valence-electron chi connectivity index (χ4n) is 1.31. The Morgan fingerprint density at radius 1 is 1.00 bits per heavy atom. The summed E-state index contributed by atoms with van der Waals surface area (Å²) < 4.78 is 10.2. The van der Waals surface area contributed by atoms with E-state index in [1.54, 1.807) is 41.5 Å². The summed E-state index contributed by atoms with van der Waals surface area (Å²) in [5.41, 5.74) is -1.49. The number of hydrogen-bond donors (Lipinski definition) is 2. The number of rotatable bonds is 5. The summed E-state index contributed by atoms with van der Waals surface area (Å²) in [6.45, 7) is 9.32. The number of aliphatic hydroxyl groups is 1. The van der Waals surface area contributed by atoms with Crippen molar-refractivity contribution in [3.05, 3.63) is 0 Å². The maximum atomic E-state index is 12.0. The van der Waals surface area contributed by atoms with Gasteiger partial charge in [-0.25, -0.2) is 9.59 Å². The summed E-state index contributed by atoms with van der Waals surface area (Å²) in [6, 6.07) is -1.20. The van der Waals surface area contributed by atoms with Crippen LogP contribution in [0.3, 0.4) is 0 Å². The van der Waals surface area contributed by atoms with Gasteiger partial charge in [-0.2, -0.15) is 0 Å². The van der Waals surface area contributed by atoms with Gasteiger partial charge in [0.1, 0.15) is 23.9 Å². The lowest BCUT2D eigenvalue weighted by atomic mass is 10.1. The second-order valence-corrected chi connectivity index (χ2v) is 6.63. The van der Waals surface area contributed by atoms with Gasteiger partial charge >= 0.3 is 12.1 Å². The van der Waals surface area contributed by atoms with Crippen molar-refractivity contribution in [2.75, 3.05) is 6.61 Å². The molecule has 0 aromatic heterocycles. The third-order valence-corrected chi connectivity index (χ3v) is 1.99. The topological polar surface area (TPSA) is 102 Å². The molecule has 0 radical (unpaired) electrons. The largest absolute Gasteiger partial charge is 0.458 e. The lowest BCUT2D eigenvalue weighted by Gasteiger charge is -2.25. The number of Topliss-reactive ketones (excluding diaryl/α,β-unsaturated/α-hetero) is 1. The predicted molar refractivity (Wildman–Crippen MR) is 75.7 cm³/mol. The molecule has 0 rings (SSSR count). The number of carbonyl (C=O) groups is 3. The summed E-state index contributed by atoms with van der Waals surface area (Å²) >= 11 is 0. The van der Waals surface area contributed by atoms with Gasteiger partial charge in [-0.1, -0.05) is 0 Å². The van der Waals surface area contributed by atoms with Gasteiger partial charge in [0.25, 0.3) is 0 Å². The highest BCUT2D eigenvalue weighted by atomic mass is 16.6. The first kappa shape index (κ1) is 19.4. The van der Waals surface area contributed by atoms with Gasteiger partial charge in [-0.3, -0.25) is 4.79 Å². The van der Waals surface area contributed by atoms with Crippen molar-refractivity contribution in [1.29, 1.82) is 0 Å². The lowest BCUT2D eigenvalue weighted by molar-refractivity contribution is -0.158. The zero-order chi connectivity index (χ0) is 16.8. The molecule has 0 saturated carbocycles. The standard InChI is InChI=1S/C14H25NO6/c1-13(2,3)20-11(18)10(7-9(17)8-16)15-12(19)21-14(4,5)6/h10,16H,7-8H2,1-6H3,(H,15,19)/t10-/m0/s1. The van der Waals surface area contributed by atoms with Crippen LogP contribution in [0.4, 0.5) is 4.79 Å². The van der Waals surface area contributed by atoms with Crippen LogP contribution in [-0.4, -0.2) is 46.8 Å². The Hall–Kier alpha value is -1.63. The average molecular weight is 303 g/mol. The second-order valence-electron chi connectivity index (χ2n) is 6.63. The molecule has 0 heterocycles. The molecule has 1 amide bonds. The predicted octanol–water partition coefficient (Wildman–Crippen LogP) is 1.17. The number of esters is 1. The smallest absolute Gasteiger partial charge is 0.408 e. The van der Waals surface area contributed by atoms with Crippen LogP contribution in [0.2, 0.25) is 0 Å². The van der Waals surface area contributed by atoms with Crippen molar-refractivity contribution >= 4 is 17.8 Å². The van der Waals surface area contributed by atoms with Crippen LogP contribution >= 0.6 is 0 Å². The minimum absolute atomic E-state index is 0.356. The van der Waals surface area contributed by atoms with Crippen molar-refractivity contribution in [3.63, 3.8) is 0 Å². The van der Waals surface area contributed by atoms with Crippen LogP contribution in [0.15, 0.2) is 0 Å². The number of hydrogen-bond acceptors (Lipinski definition) is 6. The van der Waals surface area contributed by atoms with Crippen molar-refractivity contribution in [2.24, 2.45) is 0 Å². The summed E-state index contributed by atoms with van der Waals surface area (Å²) in [5, 5.41) is 11.1. The van der Waals surface area contributed by atoms with E-state index in [0.29, 0.717) is 0 Å². The first-order valence-electron chi connectivity index (χ1n) is 6.69. The van der Waals surface area contributed by atoms with E-state index in [1.165, 1.54) is 0 Å². The van der Waals surface area contributed by atoms with Gasteiger partial charge in [0.15, 0.2) is 5.78 Å².